The van der Waals surface area contributed by atoms with E-state index >= 15 is 0 Å². The Morgan fingerprint density at radius 1 is 1.50 bits per heavy atom. The van der Waals surface area contributed by atoms with E-state index in [1.54, 1.807) is 11.3 Å². The number of thiophene rings is 1. The van der Waals surface area contributed by atoms with Gasteiger partial charge in [0.05, 0.1) is 5.41 Å². The van der Waals surface area contributed by atoms with Crippen molar-refractivity contribution in [1.82, 2.24) is 5.32 Å². The molecule has 1 aliphatic rings. The third-order valence-corrected chi connectivity index (χ3v) is 4.20. The molecule has 16 heavy (non-hydrogen) atoms. The van der Waals surface area contributed by atoms with Crippen molar-refractivity contribution in [2.75, 3.05) is 6.54 Å². The summed E-state index contributed by atoms with van der Waals surface area (Å²) in [7, 11) is 0. The van der Waals surface area contributed by atoms with E-state index in [4.69, 9.17) is 5.73 Å². The average molecular weight is 238 g/mol. The van der Waals surface area contributed by atoms with E-state index in [1.807, 2.05) is 11.4 Å². The quantitative estimate of drug-likeness (QED) is 0.841. The van der Waals surface area contributed by atoms with Crippen molar-refractivity contribution in [1.29, 1.82) is 0 Å². The second kappa shape index (κ2) is 4.97. The van der Waals surface area contributed by atoms with Crippen LogP contribution in [0.25, 0.3) is 0 Å². The van der Waals surface area contributed by atoms with Gasteiger partial charge in [-0.3, -0.25) is 4.79 Å². The van der Waals surface area contributed by atoms with Crippen molar-refractivity contribution in [2.24, 2.45) is 11.1 Å². The second-order valence-electron chi connectivity index (χ2n) is 4.51. The standard InChI is InChI=1S/C12H18N2OS/c13-9-12(4-1-2-5-12)11(15)14-7-10-3-6-16-8-10/h3,6,8H,1-2,4-5,7,9,13H2,(H,14,15). The summed E-state index contributed by atoms with van der Waals surface area (Å²) in [5.41, 5.74) is 6.65. The van der Waals surface area contributed by atoms with Gasteiger partial charge in [-0.1, -0.05) is 12.8 Å². The molecular formula is C12H18N2OS. The van der Waals surface area contributed by atoms with Gasteiger partial charge in [0, 0.05) is 13.1 Å². The molecule has 88 valence electrons. The van der Waals surface area contributed by atoms with Crippen molar-refractivity contribution < 1.29 is 4.79 Å². The number of hydrogen-bond donors (Lipinski definition) is 2. The van der Waals surface area contributed by atoms with Gasteiger partial charge in [-0.2, -0.15) is 11.3 Å². The van der Waals surface area contributed by atoms with Crippen LogP contribution in [0.1, 0.15) is 31.2 Å². The highest BCUT2D eigenvalue weighted by atomic mass is 32.1. The minimum atomic E-state index is -0.282. The Morgan fingerprint density at radius 2 is 2.25 bits per heavy atom. The van der Waals surface area contributed by atoms with Crippen molar-refractivity contribution in [3.8, 4) is 0 Å². The molecule has 1 saturated carbocycles. The highest BCUT2D eigenvalue weighted by Crippen LogP contribution is 2.37. The molecule has 0 unspecified atom stereocenters. The van der Waals surface area contributed by atoms with Gasteiger partial charge >= 0.3 is 0 Å². The van der Waals surface area contributed by atoms with Crippen molar-refractivity contribution in [2.45, 2.75) is 32.2 Å². The van der Waals surface area contributed by atoms with Gasteiger partial charge in [0.1, 0.15) is 0 Å². The molecule has 0 aromatic carbocycles. The van der Waals surface area contributed by atoms with Gasteiger partial charge in [0.15, 0.2) is 0 Å². The maximum Gasteiger partial charge on any atom is 0.227 e. The van der Waals surface area contributed by atoms with Gasteiger partial charge in [-0.25, -0.2) is 0 Å². The van der Waals surface area contributed by atoms with Crippen LogP contribution in [0.5, 0.6) is 0 Å². The molecular weight excluding hydrogens is 220 g/mol. The Hall–Kier alpha value is -0.870. The summed E-state index contributed by atoms with van der Waals surface area (Å²) in [5, 5.41) is 7.09. The first-order chi connectivity index (χ1) is 7.77. The Labute approximate surface area is 100 Å². The number of carbonyl (C=O) groups excluding carboxylic acids is 1. The number of rotatable bonds is 4. The van der Waals surface area contributed by atoms with Crippen LogP contribution >= 0.6 is 11.3 Å². The van der Waals surface area contributed by atoms with E-state index < -0.39 is 0 Å². The monoisotopic (exact) mass is 238 g/mol. The largest absolute Gasteiger partial charge is 0.351 e. The minimum absolute atomic E-state index is 0.138. The molecule has 1 aromatic heterocycles. The number of hydrogen-bond acceptors (Lipinski definition) is 3. The van der Waals surface area contributed by atoms with Gasteiger partial charge in [0.25, 0.3) is 0 Å². The zero-order chi connectivity index (χ0) is 11.4. The topological polar surface area (TPSA) is 55.1 Å². The molecule has 0 saturated heterocycles. The van der Waals surface area contributed by atoms with Crippen LogP contribution in [0.4, 0.5) is 0 Å². The molecule has 0 radical (unpaired) electrons. The van der Waals surface area contributed by atoms with Crippen LogP contribution in [0.2, 0.25) is 0 Å². The zero-order valence-electron chi connectivity index (χ0n) is 9.37. The molecule has 1 amide bonds. The fourth-order valence-corrected chi connectivity index (χ4v) is 3.01. The van der Waals surface area contributed by atoms with Crippen LogP contribution in [0.15, 0.2) is 16.8 Å². The van der Waals surface area contributed by atoms with Crippen LogP contribution in [-0.2, 0) is 11.3 Å². The lowest BCUT2D eigenvalue weighted by atomic mass is 9.85. The SMILES string of the molecule is NCC1(C(=O)NCc2ccsc2)CCCC1. The lowest BCUT2D eigenvalue weighted by Gasteiger charge is -2.25. The summed E-state index contributed by atoms with van der Waals surface area (Å²) in [6, 6.07) is 2.04. The highest BCUT2D eigenvalue weighted by Gasteiger charge is 2.39. The Kier molecular flexibility index (Phi) is 3.61. The van der Waals surface area contributed by atoms with Crippen molar-refractivity contribution >= 4 is 17.2 Å². The zero-order valence-corrected chi connectivity index (χ0v) is 10.2. The van der Waals surface area contributed by atoms with Gasteiger partial charge in [0.2, 0.25) is 5.91 Å². The minimum Gasteiger partial charge on any atom is -0.351 e. The lowest BCUT2D eigenvalue weighted by molar-refractivity contribution is -0.130. The molecule has 0 spiro atoms. The Morgan fingerprint density at radius 3 is 2.81 bits per heavy atom. The molecule has 3 N–H and O–H groups in total. The molecule has 1 fully saturated rings. The van der Waals surface area contributed by atoms with E-state index in [1.165, 1.54) is 5.56 Å². The van der Waals surface area contributed by atoms with E-state index in [2.05, 4.69) is 10.7 Å². The summed E-state index contributed by atoms with van der Waals surface area (Å²) >= 11 is 1.65. The predicted octanol–water partition coefficient (Wildman–Crippen LogP) is 1.88. The lowest BCUT2D eigenvalue weighted by Crippen LogP contribution is -2.43. The van der Waals surface area contributed by atoms with Gasteiger partial charge in [-0.15, -0.1) is 0 Å². The summed E-state index contributed by atoms with van der Waals surface area (Å²) in [5.74, 6) is 0.138. The normalized spacial score (nSPS) is 18.6. The van der Waals surface area contributed by atoms with E-state index in [-0.39, 0.29) is 11.3 Å². The first-order valence-corrected chi connectivity index (χ1v) is 6.71. The molecule has 0 bridgehead atoms. The smallest absolute Gasteiger partial charge is 0.227 e. The summed E-state index contributed by atoms with van der Waals surface area (Å²) in [6.07, 6.45) is 4.14. The second-order valence-corrected chi connectivity index (χ2v) is 5.29. The molecule has 4 heteroatoms. The Balaban J connectivity index is 1.91. The van der Waals surface area contributed by atoms with E-state index in [0.717, 1.165) is 25.7 Å². The molecule has 0 atom stereocenters. The van der Waals surface area contributed by atoms with Crippen LogP contribution in [0.3, 0.4) is 0 Å². The number of nitrogens with one attached hydrogen (secondary N) is 1. The molecule has 0 aliphatic heterocycles. The molecule has 1 aromatic rings. The maximum atomic E-state index is 12.1. The maximum absolute atomic E-state index is 12.1. The first-order valence-electron chi connectivity index (χ1n) is 5.76. The fourth-order valence-electron chi connectivity index (χ4n) is 2.34. The van der Waals surface area contributed by atoms with E-state index in [0.29, 0.717) is 13.1 Å². The predicted molar refractivity (Wildman–Crippen MR) is 66.1 cm³/mol. The molecule has 2 rings (SSSR count). The summed E-state index contributed by atoms with van der Waals surface area (Å²) < 4.78 is 0. The molecule has 1 heterocycles. The Bertz CT molecular complexity index is 342. The van der Waals surface area contributed by atoms with Crippen molar-refractivity contribution in [3.63, 3.8) is 0 Å². The number of amides is 1. The van der Waals surface area contributed by atoms with Crippen LogP contribution in [-0.4, -0.2) is 12.5 Å². The first kappa shape index (κ1) is 11.6. The summed E-state index contributed by atoms with van der Waals surface area (Å²) in [4.78, 5) is 12.1. The van der Waals surface area contributed by atoms with Crippen LogP contribution < -0.4 is 11.1 Å². The van der Waals surface area contributed by atoms with Gasteiger partial charge in [-0.05, 0) is 35.2 Å². The average Bonchev–Trinajstić information content (AvgIpc) is 2.97. The molecule has 1 aliphatic carbocycles. The number of carbonyl (C=O) groups is 1. The fraction of sp³-hybridized carbons (Fsp3) is 0.583. The summed E-state index contributed by atoms with van der Waals surface area (Å²) in [6.45, 7) is 1.10. The molecule has 3 nitrogen and oxygen atoms in total. The van der Waals surface area contributed by atoms with Gasteiger partial charge < -0.3 is 11.1 Å². The third-order valence-electron chi connectivity index (χ3n) is 3.47. The van der Waals surface area contributed by atoms with E-state index in [9.17, 15) is 4.79 Å². The van der Waals surface area contributed by atoms with Crippen molar-refractivity contribution in [3.05, 3.63) is 22.4 Å². The van der Waals surface area contributed by atoms with Crippen LogP contribution in [0, 0.1) is 5.41 Å². The number of nitrogens with two attached hydrogens (primary N) is 1. The third kappa shape index (κ3) is 2.28. The highest BCUT2D eigenvalue weighted by molar-refractivity contribution is 7.07.